The summed E-state index contributed by atoms with van der Waals surface area (Å²) in [5, 5.41) is 8.37. The zero-order valence-electron chi connectivity index (χ0n) is 74.3. The largest absolute Gasteiger partial charge is 0.436 e. The van der Waals surface area contributed by atoms with Crippen LogP contribution < -0.4 is 0 Å². The van der Waals surface area contributed by atoms with Crippen LogP contribution in [0.25, 0.3) is 234 Å². The Bertz CT molecular complexity index is 9280. The van der Waals surface area contributed by atoms with E-state index in [0.29, 0.717) is 35.3 Å². The minimum absolute atomic E-state index is 0.318. The van der Waals surface area contributed by atoms with E-state index in [2.05, 4.69) is 276 Å². The number of fused-ring (bicyclic) bond motifs is 11. The topological polar surface area (TPSA) is 212 Å². The smallest absolute Gasteiger partial charge is 0.227 e. The van der Waals surface area contributed by atoms with Crippen molar-refractivity contribution in [2.45, 2.75) is 0 Å². The number of rotatable bonds is 13. The van der Waals surface area contributed by atoms with Gasteiger partial charge in [0.05, 0.1) is 55.9 Å². The van der Waals surface area contributed by atoms with Crippen LogP contribution in [0.4, 0.5) is 0 Å². The molecule has 0 bridgehead atoms. The molecule has 0 N–H and O–H groups in total. The third-order valence-corrected chi connectivity index (χ3v) is 26.5. The van der Waals surface area contributed by atoms with Crippen LogP contribution in [0.2, 0.25) is 0 Å². The summed E-state index contributed by atoms with van der Waals surface area (Å²) in [7, 11) is 0. The molecule has 24 aromatic rings. The van der Waals surface area contributed by atoms with Crippen LogP contribution in [0.15, 0.2) is 475 Å². The summed E-state index contributed by atoms with van der Waals surface area (Å²) >= 11 is 0. The van der Waals surface area contributed by atoms with E-state index in [9.17, 15) is 0 Å². The normalized spacial score (nSPS) is 14.1. The molecule has 4 aliphatic rings. The number of hydrogen-bond acceptors (Lipinski definition) is 16. The van der Waals surface area contributed by atoms with Gasteiger partial charge in [0.1, 0.15) is 16.9 Å². The number of benzene rings is 12. The van der Waals surface area contributed by atoms with Crippen LogP contribution >= 0.6 is 0 Å². The monoisotopic (exact) mass is 1780 g/mol. The van der Waals surface area contributed by atoms with Gasteiger partial charge in [0.2, 0.25) is 11.8 Å². The minimum Gasteiger partial charge on any atom is -0.436 e. The molecule has 0 fully saturated rings. The van der Waals surface area contributed by atoms with Crippen molar-refractivity contribution in [3.63, 3.8) is 0 Å². The summed E-state index contributed by atoms with van der Waals surface area (Å²) in [6.07, 6.45) is 38.7. The van der Waals surface area contributed by atoms with Crippen molar-refractivity contribution in [2.75, 3.05) is 0 Å². The fourth-order valence-corrected chi connectivity index (χ4v) is 20.1. The molecule has 4 aliphatic carbocycles. The van der Waals surface area contributed by atoms with Crippen LogP contribution in [0.1, 0.15) is 5.56 Å². The Kier molecular flexibility index (Phi) is 19.9. The third-order valence-electron chi connectivity index (χ3n) is 26.5. The van der Waals surface area contributed by atoms with Gasteiger partial charge in [-0.15, -0.1) is 0 Å². The Balaban J connectivity index is 0.000000108. The van der Waals surface area contributed by atoms with E-state index in [1.807, 2.05) is 177 Å². The lowest BCUT2D eigenvalue weighted by atomic mass is 9.62. The highest BCUT2D eigenvalue weighted by atomic mass is 16.4. The Morgan fingerprint density at radius 3 is 1.37 bits per heavy atom. The van der Waals surface area contributed by atoms with Gasteiger partial charge < -0.3 is 8.83 Å². The molecule has 28 rings (SSSR count). The van der Waals surface area contributed by atoms with Gasteiger partial charge in [0.25, 0.3) is 0 Å². The molecule has 0 saturated heterocycles. The van der Waals surface area contributed by atoms with Gasteiger partial charge in [-0.3, -0.25) is 39.5 Å². The lowest BCUT2D eigenvalue weighted by Gasteiger charge is -2.41. The Morgan fingerprint density at radius 2 is 0.734 bits per heavy atom. The molecule has 2 atom stereocenters. The van der Waals surface area contributed by atoms with Gasteiger partial charge in [-0.2, -0.15) is 0 Å². The Hall–Kier alpha value is -19.0. The van der Waals surface area contributed by atoms with Crippen molar-refractivity contribution in [2.24, 2.45) is 11.8 Å². The number of hydrogen-bond donors (Lipinski definition) is 0. The van der Waals surface area contributed by atoms with Crippen LogP contribution in [0.5, 0.6) is 0 Å². The van der Waals surface area contributed by atoms with E-state index in [1.54, 1.807) is 31.0 Å². The van der Waals surface area contributed by atoms with Gasteiger partial charge in [-0.25, -0.2) is 34.9 Å². The van der Waals surface area contributed by atoms with Crippen LogP contribution in [-0.2, 0) is 0 Å². The number of aromatic nitrogens is 15. The summed E-state index contributed by atoms with van der Waals surface area (Å²) < 4.78 is 14.5. The van der Waals surface area contributed by atoms with Gasteiger partial charge >= 0.3 is 0 Å². The number of nitrogens with zero attached hydrogens (tertiary/aromatic N) is 15. The zero-order chi connectivity index (χ0) is 91.8. The van der Waals surface area contributed by atoms with Crippen molar-refractivity contribution in [1.82, 2.24) is 74.3 Å². The Morgan fingerprint density at radius 1 is 0.266 bits per heavy atom. The number of imidazole rings is 1. The van der Waals surface area contributed by atoms with Crippen LogP contribution in [0.3, 0.4) is 0 Å². The van der Waals surface area contributed by atoms with E-state index in [0.717, 1.165) is 199 Å². The summed E-state index contributed by atoms with van der Waals surface area (Å²) in [6.45, 7) is 0. The highest BCUT2D eigenvalue weighted by Gasteiger charge is 2.40. The van der Waals surface area contributed by atoms with Crippen molar-refractivity contribution in [3.8, 4) is 130 Å². The molecule has 650 valence electrons. The van der Waals surface area contributed by atoms with E-state index in [4.69, 9.17) is 43.7 Å². The fraction of sp³-hybridized carbons (Fsp3) is 0.0164. The van der Waals surface area contributed by atoms with Gasteiger partial charge in [0.15, 0.2) is 22.8 Å². The molecule has 0 saturated carbocycles. The van der Waals surface area contributed by atoms with Gasteiger partial charge in [0, 0.05) is 157 Å². The van der Waals surface area contributed by atoms with Gasteiger partial charge in [-0.1, -0.05) is 212 Å². The number of para-hydroxylation sites is 7. The molecule has 0 radical (unpaired) electrons. The summed E-state index contributed by atoms with van der Waals surface area (Å²) in [4.78, 5) is 66.9. The third kappa shape index (κ3) is 14.7. The predicted molar refractivity (Wildman–Crippen MR) is 555 cm³/mol. The first kappa shape index (κ1) is 80.8. The molecule has 17 heteroatoms. The number of allylic oxidation sites excluding steroid dienone is 14. The maximum Gasteiger partial charge on any atom is 0.227 e. The van der Waals surface area contributed by atoms with Crippen LogP contribution in [-0.4, -0.2) is 74.3 Å². The Labute approximate surface area is 795 Å². The first-order valence-corrected chi connectivity index (χ1v) is 46.1. The summed E-state index contributed by atoms with van der Waals surface area (Å²) in [5.41, 5.74) is 33.9. The molecule has 0 aliphatic heterocycles. The maximum absolute atomic E-state index is 6.24. The zero-order valence-corrected chi connectivity index (χ0v) is 74.3. The highest BCUT2D eigenvalue weighted by Crippen LogP contribution is 2.54. The first-order valence-electron chi connectivity index (χ1n) is 46.1. The number of pyridine rings is 7. The molecular formula is C122H75N15O2. The van der Waals surface area contributed by atoms with E-state index in [-0.39, 0.29) is 0 Å². The average Bonchev–Trinajstić information content (AvgIpc) is 1.16. The molecule has 12 aromatic carbocycles. The molecular weight excluding hydrogens is 1710 g/mol. The van der Waals surface area contributed by atoms with Gasteiger partial charge in [-0.05, 0) is 242 Å². The summed E-state index contributed by atoms with van der Waals surface area (Å²) in [5.74, 6) is 3.98. The van der Waals surface area contributed by atoms with E-state index in [1.165, 1.54) is 39.0 Å². The standard InChI is InChI=1S/C44H27N7.C44H28N2O.C34H20N6O/c1-2-13-30(14-3-1)51-40-19-7-6-18-37(40)50-44(51)35-21-20-33(31-15-4-5-16-32(31)35)38-26-39(49-43(48-38)29-12-8-22-45-27-29)36-25-28-11-9-23-46-41(28)42-34(36)17-10-24-47-42;1-2-13-36-35(12-1)34(19-20-38(36)44-46-40-15-3-4-16-41(40)47-44)32-22-31(30-11-7-21-45-26-30)23-33(24-32)39-25-29-10-5-8-27-17-18-28-9-6-14-37(39)43(28)42(27)29;1-2-10-30-27(9-1)40-34(41-30)22-13-11-21(12-14-22)28-19-29(39-33(38-28)24-7-3-15-35-20-24)26-18-23-6-4-16-36-31(23)32-25(26)8-5-17-37-32/h1-27H;1-26,42-43H;1-20H. The lowest BCUT2D eigenvalue weighted by molar-refractivity contribution is 0.568. The molecule has 0 amide bonds. The quantitative estimate of drug-likeness (QED) is 0.0982. The van der Waals surface area contributed by atoms with E-state index >= 15 is 0 Å². The lowest BCUT2D eigenvalue weighted by Crippen LogP contribution is -2.29. The second kappa shape index (κ2) is 34.2. The maximum atomic E-state index is 6.24. The van der Waals surface area contributed by atoms with Crippen LogP contribution in [0, 0.1) is 11.8 Å². The molecule has 0 spiro atoms. The van der Waals surface area contributed by atoms with Crippen molar-refractivity contribution in [3.05, 3.63) is 472 Å². The predicted octanol–water partition coefficient (Wildman–Crippen LogP) is 28.8. The number of oxazole rings is 2. The molecule has 2 unspecified atom stereocenters. The second-order valence-electron chi connectivity index (χ2n) is 34.7. The average molecular weight is 1780 g/mol. The van der Waals surface area contributed by atoms with Crippen molar-refractivity contribution in [1.29, 1.82) is 0 Å². The molecule has 12 aromatic heterocycles. The highest BCUT2D eigenvalue weighted by molar-refractivity contribution is 6.13. The molecule has 139 heavy (non-hydrogen) atoms. The van der Waals surface area contributed by atoms with Crippen molar-refractivity contribution >= 4 is 104 Å². The first-order chi connectivity index (χ1) is 68.9. The SMILES string of the molecule is C1=CC2=CC=C3C=CC=C4C(c5cc(-c6cccnc6)cc(-c6ccc(-c7nc8ccccc8o7)c7ccccc67)c5)=CC(=C1)C2C34.c1ccc(-n2c(-c3ccc(-c4cc(-c5cc6cccnc6c6ncccc56)nc(-c5cccnc5)n4)c4ccccc34)nc3ccccc32)cc1.c1cncc(-c2nc(-c3ccc(-c4nc5ccccc5o4)cc3)cc(-c3cc4cccnc4c4ncccc34)n2)c1. The molecule has 12 heterocycles. The fourth-order valence-electron chi connectivity index (χ4n) is 20.1. The van der Waals surface area contributed by atoms with Crippen molar-refractivity contribution < 1.29 is 8.83 Å². The molecule has 17 nitrogen and oxygen atoms in total. The second-order valence-corrected chi connectivity index (χ2v) is 34.7. The summed E-state index contributed by atoms with van der Waals surface area (Å²) in [6, 6.07) is 112. The van der Waals surface area contributed by atoms with E-state index < -0.39 is 0 Å². The minimum atomic E-state index is 0.318.